The SMILES string of the molecule is COS(=O)(=O)C(CCC(C)OCc1ccccc1)C(C)C. The molecule has 5 heteroatoms. The monoisotopic (exact) mass is 314 g/mol. The van der Waals surface area contributed by atoms with Crippen molar-refractivity contribution in [3.63, 3.8) is 0 Å². The van der Waals surface area contributed by atoms with Crippen LogP contribution in [0.25, 0.3) is 0 Å². The van der Waals surface area contributed by atoms with Gasteiger partial charge in [-0.25, -0.2) is 0 Å². The van der Waals surface area contributed by atoms with E-state index in [4.69, 9.17) is 4.74 Å². The van der Waals surface area contributed by atoms with Crippen LogP contribution in [0.1, 0.15) is 39.2 Å². The van der Waals surface area contributed by atoms with Gasteiger partial charge in [0.15, 0.2) is 0 Å². The van der Waals surface area contributed by atoms with E-state index in [1.165, 1.54) is 7.11 Å². The number of hydrogen-bond acceptors (Lipinski definition) is 4. The minimum atomic E-state index is -3.48. The maximum atomic E-state index is 11.9. The molecule has 2 unspecified atom stereocenters. The molecule has 0 saturated heterocycles. The van der Waals surface area contributed by atoms with E-state index < -0.39 is 15.4 Å². The molecule has 1 rings (SSSR count). The predicted molar refractivity (Wildman–Crippen MR) is 84.5 cm³/mol. The molecule has 0 bridgehead atoms. The lowest BCUT2D eigenvalue weighted by Crippen LogP contribution is -2.29. The van der Waals surface area contributed by atoms with E-state index in [9.17, 15) is 8.42 Å². The van der Waals surface area contributed by atoms with Crippen molar-refractivity contribution in [2.24, 2.45) is 5.92 Å². The molecule has 2 atom stereocenters. The summed E-state index contributed by atoms with van der Waals surface area (Å²) in [6.45, 7) is 6.32. The van der Waals surface area contributed by atoms with Crippen molar-refractivity contribution >= 4 is 10.1 Å². The Morgan fingerprint density at radius 3 is 2.19 bits per heavy atom. The molecular weight excluding hydrogens is 288 g/mol. The van der Waals surface area contributed by atoms with Crippen molar-refractivity contribution in [1.82, 2.24) is 0 Å². The Kier molecular flexibility index (Phi) is 7.35. The van der Waals surface area contributed by atoms with Crippen LogP contribution in [0.15, 0.2) is 30.3 Å². The minimum absolute atomic E-state index is 0.0125. The summed E-state index contributed by atoms with van der Waals surface area (Å²) in [6.07, 6.45) is 1.25. The second-order valence-electron chi connectivity index (χ2n) is 5.63. The third-order valence-corrected chi connectivity index (χ3v) is 5.57. The van der Waals surface area contributed by atoms with Gasteiger partial charge in [-0.15, -0.1) is 0 Å². The van der Waals surface area contributed by atoms with Crippen LogP contribution >= 0.6 is 0 Å². The Labute approximate surface area is 128 Å². The van der Waals surface area contributed by atoms with Gasteiger partial charge in [-0.05, 0) is 31.2 Å². The molecule has 4 nitrogen and oxygen atoms in total. The predicted octanol–water partition coefficient (Wildman–Crippen LogP) is 3.37. The molecule has 1 aromatic rings. The van der Waals surface area contributed by atoms with Crippen molar-refractivity contribution in [1.29, 1.82) is 0 Å². The highest BCUT2D eigenvalue weighted by molar-refractivity contribution is 7.87. The average molecular weight is 314 g/mol. The van der Waals surface area contributed by atoms with Gasteiger partial charge in [0.1, 0.15) is 0 Å². The van der Waals surface area contributed by atoms with Gasteiger partial charge in [0, 0.05) is 0 Å². The van der Waals surface area contributed by atoms with E-state index in [0.29, 0.717) is 19.4 Å². The number of ether oxygens (including phenoxy) is 1. The van der Waals surface area contributed by atoms with Gasteiger partial charge in [0.25, 0.3) is 10.1 Å². The third kappa shape index (κ3) is 6.16. The summed E-state index contributed by atoms with van der Waals surface area (Å²) in [6, 6.07) is 9.94. The Balaban J connectivity index is 2.45. The van der Waals surface area contributed by atoms with E-state index in [1.54, 1.807) is 0 Å². The largest absolute Gasteiger partial charge is 0.374 e. The van der Waals surface area contributed by atoms with Crippen molar-refractivity contribution in [3.8, 4) is 0 Å². The molecule has 0 saturated carbocycles. The molecule has 0 N–H and O–H groups in total. The van der Waals surface area contributed by atoms with Crippen molar-refractivity contribution < 1.29 is 17.3 Å². The fraction of sp³-hybridized carbons (Fsp3) is 0.625. The normalized spacial score (nSPS) is 15.1. The molecule has 120 valence electrons. The Morgan fingerprint density at radius 2 is 1.67 bits per heavy atom. The van der Waals surface area contributed by atoms with Crippen LogP contribution in [-0.2, 0) is 25.6 Å². The molecule has 0 aliphatic heterocycles. The summed E-state index contributed by atoms with van der Waals surface area (Å²) in [4.78, 5) is 0. The van der Waals surface area contributed by atoms with Crippen molar-refractivity contribution in [3.05, 3.63) is 35.9 Å². The minimum Gasteiger partial charge on any atom is -0.374 e. The van der Waals surface area contributed by atoms with E-state index in [2.05, 4.69) is 4.18 Å². The summed E-state index contributed by atoms with van der Waals surface area (Å²) in [5.41, 5.74) is 1.12. The molecule has 0 radical (unpaired) electrons. The number of benzene rings is 1. The molecule has 1 aromatic carbocycles. The first-order chi connectivity index (χ1) is 9.86. The van der Waals surface area contributed by atoms with E-state index >= 15 is 0 Å². The highest BCUT2D eigenvalue weighted by Gasteiger charge is 2.28. The maximum absolute atomic E-state index is 11.9. The van der Waals surface area contributed by atoms with Crippen molar-refractivity contribution in [2.75, 3.05) is 7.11 Å². The lowest BCUT2D eigenvalue weighted by atomic mass is 10.0. The van der Waals surface area contributed by atoms with E-state index in [0.717, 1.165) is 5.56 Å². The Bertz CT molecular complexity index is 496. The fourth-order valence-electron chi connectivity index (χ4n) is 2.23. The highest BCUT2D eigenvalue weighted by Crippen LogP contribution is 2.21. The average Bonchev–Trinajstić information content (AvgIpc) is 2.45. The maximum Gasteiger partial charge on any atom is 0.270 e. The van der Waals surface area contributed by atoms with Gasteiger partial charge in [-0.1, -0.05) is 44.2 Å². The van der Waals surface area contributed by atoms with Gasteiger partial charge >= 0.3 is 0 Å². The van der Waals surface area contributed by atoms with Crippen LogP contribution in [0.5, 0.6) is 0 Å². The zero-order valence-electron chi connectivity index (χ0n) is 13.3. The first kappa shape index (κ1) is 18.1. The number of rotatable bonds is 9. The van der Waals surface area contributed by atoms with Crippen LogP contribution in [0.3, 0.4) is 0 Å². The molecular formula is C16H26O4S. The number of hydrogen-bond donors (Lipinski definition) is 0. The van der Waals surface area contributed by atoms with Crippen LogP contribution in [-0.4, -0.2) is 26.9 Å². The summed E-state index contributed by atoms with van der Waals surface area (Å²) in [7, 11) is -2.26. The van der Waals surface area contributed by atoms with Crippen molar-refractivity contribution in [2.45, 2.75) is 51.6 Å². The topological polar surface area (TPSA) is 52.6 Å². The van der Waals surface area contributed by atoms with Crippen LogP contribution in [0.2, 0.25) is 0 Å². The van der Waals surface area contributed by atoms with Crippen LogP contribution < -0.4 is 0 Å². The second kappa shape index (κ2) is 8.51. The van der Waals surface area contributed by atoms with E-state index in [1.807, 2.05) is 51.1 Å². The molecule has 0 fully saturated rings. The Hall–Kier alpha value is -0.910. The third-order valence-electron chi connectivity index (χ3n) is 3.58. The zero-order valence-corrected chi connectivity index (χ0v) is 14.1. The second-order valence-corrected chi connectivity index (χ2v) is 7.55. The Morgan fingerprint density at radius 1 is 1.05 bits per heavy atom. The molecule has 0 aliphatic carbocycles. The summed E-state index contributed by atoms with van der Waals surface area (Å²) >= 11 is 0. The van der Waals surface area contributed by atoms with Crippen LogP contribution in [0, 0.1) is 5.92 Å². The molecule has 0 aliphatic rings. The first-order valence-corrected chi connectivity index (χ1v) is 8.79. The lowest BCUT2D eigenvalue weighted by molar-refractivity contribution is 0.0455. The lowest BCUT2D eigenvalue weighted by Gasteiger charge is -2.21. The molecule has 0 amide bonds. The van der Waals surface area contributed by atoms with E-state index in [-0.39, 0.29) is 12.0 Å². The zero-order chi connectivity index (χ0) is 15.9. The van der Waals surface area contributed by atoms with Gasteiger partial charge in [-0.3, -0.25) is 4.18 Å². The van der Waals surface area contributed by atoms with Gasteiger partial charge < -0.3 is 4.74 Å². The smallest absolute Gasteiger partial charge is 0.270 e. The van der Waals surface area contributed by atoms with Gasteiger partial charge in [-0.2, -0.15) is 8.42 Å². The quantitative estimate of drug-likeness (QED) is 0.656. The molecule has 0 spiro atoms. The van der Waals surface area contributed by atoms with Crippen LogP contribution in [0.4, 0.5) is 0 Å². The summed E-state index contributed by atoms with van der Waals surface area (Å²) in [5.74, 6) is 0.0243. The van der Waals surface area contributed by atoms with Gasteiger partial charge in [0.05, 0.1) is 25.1 Å². The molecule has 0 heterocycles. The fourth-order valence-corrected chi connectivity index (χ4v) is 3.57. The van der Waals surface area contributed by atoms with Gasteiger partial charge in [0.2, 0.25) is 0 Å². The summed E-state index contributed by atoms with van der Waals surface area (Å²) in [5, 5.41) is -0.481. The molecule has 0 aromatic heterocycles. The first-order valence-electron chi connectivity index (χ1n) is 7.31. The summed E-state index contributed by atoms with van der Waals surface area (Å²) < 4.78 is 34.2. The standard InChI is InChI=1S/C16H26O4S/c1-13(2)16(21(17,18)19-4)11-10-14(3)20-12-15-8-6-5-7-9-15/h5-9,13-14,16H,10-12H2,1-4H3. The highest BCUT2D eigenvalue weighted by atomic mass is 32.2. The molecule has 21 heavy (non-hydrogen) atoms.